The summed E-state index contributed by atoms with van der Waals surface area (Å²) < 4.78 is 5.49. The second kappa shape index (κ2) is 16.3. The van der Waals surface area contributed by atoms with Gasteiger partial charge in [0.1, 0.15) is 23.7 Å². The van der Waals surface area contributed by atoms with Crippen molar-refractivity contribution < 1.29 is 38.3 Å². The predicted molar refractivity (Wildman–Crippen MR) is 204 cm³/mol. The molecule has 55 heavy (non-hydrogen) atoms. The Balaban J connectivity index is 1.31. The predicted octanol–water partition coefficient (Wildman–Crippen LogP) is 3.25. The van der Waals surface area contributed by atoms with Crippen molar-refractivity contribution in [3.8, 4) is 0 Å². The van der Waals surface area contributed by atoms with Gasteiger partial charge in [-0.25, -0.2) is 4.79 Å². The molecule has 6 atom stereocenters. The van der Waals surface area contributed by atoms with Crippen molar-refractivity contribution in [1.29, 1.82) is 0 Å². The molecule has 0 radical (unpaired) electrons. The maximum absolute atomic E-state index is 14.5. The van der Waals surface area contributed by atoms with Crippen molar-refractivity contribution in [3.05, 3.63) is 35.9 Å². The number of benzene rings is 1. The van der Waals surface area contributed by atoms with E-state index in [0.29, 0.717) is 12.1 Å². The van der Waals surface area contributed by atoms with Gasteiger partial charge in [0.15, 0.2) is 0 Å². The number of ether oxygens (including phenoxy) is 1. The molecule has 3 saturated carbocycles. The van der Waals surface area contributed by atoms with Crippen LogP contribution in [0.4, 0.5) is 4.79 Å². The minimum Gasteiger partial charge on any atom is -0.444 e. The fraction of sp³-hybridized carbons (Fsp3) is 0.683. The maximum atomic E-state index is 14.5. The average molecular weight is 765 g/mol. The van der Waals surface area contributed by atoms with Crippen LogP contribution in [0.1, 0.15) is 105 Å². The van der Waals surface area contributed by atoms with Gasteiger partial charge in [0.25, 0.3) is 5.91 Å². The fourth-order valence-corrected chi connectivity index (χ4v) is 8.37. The number of ketones is 1. The first-order valence-electron chi connectivity index (χ1n) is 19.7. The second-order valence-corrected chi connectivity index (χ2v) is 18.5. The Hall–Kier alpha value is -4.49. The summed E-state index contributed by atoms with van der Waals surface area (Å²) in [7, 11) is 3.14. The number of alkyl carbamates (subject to hydrolysis) is 1. The third-order valence-corrected chi connectivity index (χ3v) is 11.6. The van der Waals surface area contributed by atoms with Crippen molar-refractivity contribution in [2.75, 3.05) is 27.2 Å². The van der Waals surface area contributed by atoms with Crippen LogP contribution in [0.2, 0.25) is 0 Å². The lowest BCUT2D eigenvalue weighted by atomic mass is 9.80. The van der Waals surface area contributed by atoms with Gasteiger partial charge < -0.3 is 35.8 Å². The zero-order valence-corrected chi connectivity index (χ0v) is 33.7. The van der Waals surface area contributed by atoms with Crippen molar-refractivity contribution in [2.24, 2.45) is 28.6 Å². The summed E-state index contributed by atoms with van der Waals surface area (Å²) in [5.74, 6) is -3.75. The Labute approximate surface area is 324 Å². The number of hydrogen-bond donors (Lipinski definition) is 4. The number of likely N-dealkylation sites (N-methyl/N-ethyl adjacent to an activating group) is 1. The number of Topliss-reactive ketones (excluding diaryl/α,β-unsaturated/α-hetero) is 1. The van der Waals surface area contributed by atoms with Crippen LogP contribution in [0.15, 0.2) is 30.3 Å². The maximum Gasteiger partial charge on any atom is 0.408 e. The van der Waals surface area contributed by atoms with Gasteiger partial charge in [-0.1, -0.05) is 70.4 Å². The number of nitrogens with zero attached hydrogens (tertiary/aromatic N) is 2. The van der Waals surface area contributed by atoms with E-state index in [9.17, 15) is 33.6 Å². The van der Waals surface area contributed by atoms with Gasteiger partial charge in [-0.3, -0.25) is 28.8 Å². The number of carbonyl (C=O) groups excluding carboxylic acids is 7. The highest BCUT2D eigenvalue weighted by Crippen LogP contribution is 2.64. The Bertz CT molecular complexity index is 1640. The van der Waals surface area contributed by atoms with Crippen LogP contribution >= 0.6 is 0 Å². The van der Waals surface area contributed by atoms with E-state index in [2.05, 4.69) is 21.3 Å². The molecular weight excluding hydrogens is 704 g/mol. The summed E-state index contributed by atoms with van der Waals surface area (Å²) in [6.45, 7) is 10.5. The molecule has 1 saturated heterocycles. The molecule has 14 nitrogen and oxygen atoms in total. The number of hydrogen-bond acceptors (Lipinski definition) is 8. The van der Waals surface area contributed by atoms with Crippen LogP contribution in [0.3, 0.4) is 0 Å². The van der Waals surface area contributed by atoms with Crippen molar-refractivity contribution >= 4 is 41.4 Å². The lowest BCUT2D eigenvalue weighted by Gasteiger charge is -2.37. The minimum atomic E-state index is -1.17. The van der Waals surface area contributed by atoms with Crippen molar-refractivity contribution in [3.63, 3.8) is 0 Å². The Morgan fingerprint density at radius 2 is 1.56 bits per heavy atom. The van der Waals surface area contributed by atoms with Crippen LogP contribution < -0.4 is 21.3 Å². The summed E-state index contributed by atoms with van der Waals surface area (Å²) in [6.07, 6.45) is 6.07. The molecule has 1 aromatic rings. The van der Waals surface area contributed by atoms with Gasteiger partial charge in [-0.2, -0.15) is 0 Å². The first-order chi connectivity index (χ1) is 25.7. The van der Waals surface area contributed by atoms with Crippen molar-refractivity contribution in [1.82, 2.24) is 31.1 Å². The highest BCUT2D eigenvalue weighted by Gasteiger charge is 2.61. The Morgan fingerprint density at radius 3 is 2.11 bits per heavy atom. The summed E-state index contributed by atoms with van der Waals surface area (Å²) in [6, 6.07) is 4.65. The van der Waals surface area contributed by atoms with E-state index in [1.165, 1.54) is 4.90 Å². The van der Waals surface area contributed by atoms with E-state index in [0.717, 1.165) is 44.9 Å². The average Bonchev–Trinajstić information content (AvgIpc) is 3.62. The zero-order chi connectivity index (χ0) is 40.5. The summed E-state index contributed by atoms with van der Waals surface area (Å²) in [4.78, 5) is 97.8. The first kappa shape index (κ1) is 41.7. The number of likely N-dealkylation sites (tertiary alicyclic amines) is 1. The molecule has 1 spiro atoms. The van der Waals surface area contributed by atoms with E-state index in [4.69, 9.17) is 4.74 Å². The van der Waals surface area contributed by atoms with Crippen molar-refractivity contribution in [2.45, 2.75) is 123 Å². The van der Waals surface area contributed by atoms with Crippen LogP contribution in [0, 0.1) is 28.6 Å². The molecule has 4 aliphatic rings. The van der Waals surface area contributed by atoms with Crippen LogP contribution in [0.5, 0.6) is 0 Å². The largest absolute Gasteiger partial charge is 0.444 e. The number of nitrogens with one attached hydrogen (secondary N) is 4. The fourth-order valence-electron chi connectivity index (χ4n) is 8.37. The number of rotatable bonds is 13. The molecule has 302 valence electrons. The number of amides is 6. The van der Waals surface area contributed by atoms with E-state index in [-0.39, 0.29) is 35.5 Å². The van der Waals surface area contributed by atoms with Gasteiger partial charge in [-0.15, -0.1) is 0 Å². The van der Waals surface area contributed by atoms with Crippen LogP contribution in [0.25, 0.3) is 0 Å². The molecule has 1 aliphatic heterocycles. The summed E-state index contributed by atoms with van der Waals surface area (Å²) in [5.41, 5.74) is -0.765. The highest BCUT2D eigenvalue weighted by molar-refractivity contribution is 6.38. The second-order valence-electron chi connectivity index (χ2n) is 18.5. The van der Waals surface area contributed by atoms with E-state index < -0.39 is 77.2 Å². The summed E-state index contributed by atoms with van der Waals surface area (Å²) >= 11 is 0. The molecule has 5 rings (SSSR count). The molecule has 6 amide bonds. The Kier molecular flexibility index (Phi) is 12.4. The van der Waals surface area contributed by atoms with Gasteiger partial charge >= 0.3 is 6.09 Å². The molecule has 0 aromatic heterocycles. The molecule has 1 heterocycles. The Morgan fingerprint density at radius 1 is 0.909 bits per heavy atom. The SMILES string of the molecule is CN(C)C(=O)[C@@H](NC(=O)CNC(=O)C(=O)[C@H](CC1CCC1)NC(=O)[C@@H]1[C@H]2CC3(CC3)C[C@H]2CN1C(=O)[C@@H](NC(=O)OC(C)(C)C)C(C)(C)C)c1ccccc1. The quantitative estimate of drug-likeness (QED) is 0.221. The molecule has 1 aromatic carbocycles. The number of carbonyl (C=O) groups is 7. The zero-order valence-electron chi connectivity index (χ0n) is 33.7. The van der Waals surface area contributed by atoms with Gasteiger partial charge in [0, 0.05) is 20.6 Å². The van der Waals surface area contributed by atoms with Crippen LogP contribution in [-0.2, 0) is 33.5 Å². The molecule has 3 aliphatic carbocycles. The molecule has 14 heteroatoms. The lowest BCUT2D eigenvalue weighted by molar-refractivity contribution is -0.145. The van der Waals surface area contributed by atoms with E-state index in [1.54, 1.807) is 70.1 Å². The first-order valence-corrected chi connectivity index (χ1v) is 19.7. The molecular formula is C41H60N6O8. The van der Waals surface area contributed by atoms with Gasteiger partial charge in [0.2, 0.25) is 29.4 Å². The molecule has 4 N–H and O–H groups in total. The van der Waals surface area contributed by atoms with E-state index in [1.807, 2.05) is 20.8 Å². The lowest BCUT2D eigenvalue weighted by Crippen LogP contribution is -2.60. The topological polar surface area (TPSA) is 183 Å². The van der Waals surface area contributed by atoms with Gasteiger partial charge in [0.05, 0.1) is 12.6 Å². The minimum absolute atomic E-state index is 0.0889. The normalized spacial score (nSPS) is 23.0. The van der Waals surface area contributed by atoms with Crippen LogP contribution in [-0.4, -0.2) is 102 Å². The molecule has 0 unspecified atom stereocenters. The number of fused-ring (bicyclic) bond motifs is 1. The van der Waals surface area contributed by atoms with Gasteiger partial charge in [-0.05, 0) is 87.0 Å². The highest BCUT2D eigenvalue weighted by atomic mass is 16.6. The smallest absolute Gasteiger partial charge is 0.408 e. The third kappa shape index (κ3) is 10.2. The van der Waals surface area contributed by atoms with E-state index >= 15 is 0 Å². The third-order valence-electron chi connectivity index (χ3n) is 11.6. The standard InChI is InChI=1S/C41H60N6O8/c1-39(2,3)33(45-38(54)55-40(4,5)6)37(53)47-23-26-20-41(17-18-41)21-27(26)31(47)34(50)43-28(19-24-13-12-14-24)32(49)35(51)42-22-29(48)44-30(36(52)46(7)8)25-15-10-9-11-16-25/h9-11,15-16,24,26-28,30-31,33H,12-14,17-23H2,1-8H3,(H,42,51)(H,43,50)(H,44,48)(H,45,54)/t26-,27-,28-,30-,31-,33+/m0/s1. The molecule has 0 bridgehead atoms. The summed E-state index contributed by atoms with van der Waals surface area (Å²) in [5, 5.41) is 10.7. The molecule has 4 fully saturated rings. The monoisotopic (exact) mass is 764 g/mol.